The monoisotopic (exact) mass is 241 g/mol. The Morgan fingerprint density at radius 3 is 2.50 bits per heavy atom. The summed E-state index contributed by atoms with van der Waals surface area (Å²) in [5, 5.41) is 9.37. The van der Waals surface area contributed by atoms with Crippen molar-refractivity contribution in [2.24, 2.45) is 0 Å². The number of aryl methyl sites for hydroxylation is 1. The Bertz CT molecular complexity index is 594. The zero-order chi connectivity index (χ0) is 12.7. The van der Waals surface area contributed by atoms with Crippen molar-refractivity contribution in [1.29, 1.82) is 0 Å². The maximum Gasteiger partial charge on any atom is 0.337 e. The molecule has 0 saturated heterocycles. The van der Waals surface area contributed by atoms with Crippen LogP contribution >= 0.6 is 0 Å². The molecule has 1 aliphatic rings. The lowest BCUT2D eigenvalue weighted by molar-refractivity contribution is 0.0695. The van der Waals surface area contributed by atoms with Crippen molar-refractivity contribution in [3.63, 3.8) is 0 Å². The fourth-order valence-electron chi connectivity index (χ4n) is 2.49. The SMILES string of the molecule is Cc1cn(-c2ccccc2)c(C2CC2)c1C(=O)O. The maximum atomic E-state index is 11.4. The lowest BCUT2D eigenvalue weighted by Crippen LogP contribution is -2.04. The van der Waals surface area contributed by atoms with Crippen LogP contribution < -0.4 is 0 Å². The first-order valence-electron chi connectivity index (χ1n) is 6.19. The van der Waals surface area contributed by atoms with Gasteiger partial charge in [0.1, 0.15) is 0 Å². The normalized spacial score (nSPS) is 14.7. The lowest BCUT2D eigenvalue weighted by atomic mass is 10.1. The molecule has 0 aliphatic heterocycles. The molecule has 0 unspecified atom stereocenters. The van der Waals surface area contributed by atoms with Gasteiger partial charge in [-0.3, -0.25) is 0 Å². The molecular formula is C15H15NO2. The van der Waals surface area contributed by atoms with Gasteiger partial charge in [0.15, 0.2) is 0 Å². The molecular weight excluding hydrogens is 226 g/mol. The van der Waals surface area contributed by atoms with Crippen molar-refractivity contribution in [2.45, 2.75) is 25.7 Å². The molecule has 92 valence electrons. The third kappa shape index (κ3) is 1.72. The van der Waals surface area contributed by atoms with Gasteiger partial charge in [-0.1, -0.05) is 18.2 Å². The summed E-state index contributed by atoms with van der Waals surface area (Å²) in [5.74, 6) is -0.408. The van der Waals surface area contributed by atoms with Gasteiger partial charge in [0.2, 0.25) is 0 Å². The van der Waals surface area contributed by atoms with Crippen LogP contribution in [0.15, 0.2) is 36.5 Å². The third-order valence-corrected chi connectivity index (χ3v) is 3.45. The van der Waals surface area contributed by atoms with Gasteiger partial charge in [0.25, 0.3) is 0 Å². The Morgan fingerprint density at radius 1 is 1.28 bits per heavy atom. The number of nitrogens with zero attached hydrogens (tertiary/aromatic N) is 1. The maximum absolute atomic E-state index is 11.4. The zero-order valence-electron chi connectivity index (χ0n) is 10.3. The summed E-state index contributed by atoms with van der Waals surface area (Å²) < 4.78 is 2.04. The largest absolute Gasteiger partial charge is 0.478 e. The predicted molar refractivity (Wildman–Crippen MR) is 69.4 cm³/mol. The highest BCUT2D eigenvalue weighted by Crippen LogP contribution is 2.43. The molecule has 18 heavy (non-hydrogen) atoms. The number of aromatic nitrogens is 1. The molecule has 1 saturated carbocycles. The lowest BCUT2D eigenvalue weighted by Gasteiger charge is -2.09. The number of aromatic carboxylic acids is 1. The first-order valence-corrected chi connectivity index (χ1v) is 6.19. The van der Waals surface area contributed by atoms with E-state index in [2.05, 4.69) is 0 Å². The van der Waals surface area contributed by atoms with E-state index < -0.39 is 5.97 Å². The molecule has 3 rings (SSSR count). The molecule has 0 atom stereocenters. The number of carboxylic acid groups (broad SMARTS) is 1. The van der Waals surface area contributed by atoms with Crippen molar-refractivity contribution in [3.8, 4) is 5.69 Å². The second-order valence-electron chi connectivity index (χ2n) is 4.86. The van der Waals surface area contributed by atoms with Gasteiger partial charge >= 0.3 is 5.97 Å². The van der Waals surface area contributed by atoms with E-state index in [1.165, 1.54) is 0 Å². The van der Waals surface area contributed by atoms with Gasteiger partial charge in [-0.25, -0.2) is 4.79 Å². The molecule has 1 fully saturated rings. The Balaban J connectivity index is 2.21. The van der Waals surface area contributed by atoms with Crippen molar-refractivity contribution < 1.29 is 9.90 Å². The topological polar surface area (TPSA) is 42.2 Å². The zero-order valence-corrected chi connectivity index (χ0v) is 10.3. The number of para-hydroxylation sites is 1. The summed E-state index contributed by atoms with van der Waals surface area (Å²) >= 11 is 0. The van der Waals surface area contributed by atoms with E-state index in [0.717, 1.165) is 29.8 Å². The van der Waals surface area contributed by atoms with Crippen LogP contribution in [0, 0.1) is 6.92 Å². The Labute approximate surface area is 106 Å². The molecule has 1 aromatic carbocycles. The van der Waals surface area contributed by atoms with Gasteiger partial charge in [-0.05, 0) is 37.5 Å². The van der Waals surface area contributed by atoms with E-state index in [-0.39, 0.29) is 0 Å². The van der Waals surface area contributed by atoms with E-state index in [4.69, 9.17) is 0 Å². The fourth-order valence-corrected chi connectivity index (χ4v) is 2.49. The number of rotatable bonds is 3. The van der Waals surface area contributed by atoms with E-state index >= 15 is 0 Å². The van der Waals surface area contributed by atoms with Crippen molar-refractivity contribution in [2.75, 3.05) is 0 Å². The molecule has 0 bridgehead atoms. The number of hydrogen-bond acceptors (Lipinski definition) is 1. The summed E-state index contributed by atoms with van der Waals surface area (Å²) in [6.07, 6.45) is 4.12. The number of carboxylic acids is 1. The minimum Gasteiger partial charge on any atom is -0.478 e. The highest BCUT2D eigenvalue weighted by atomic mass is 16.4. The van der Waals surface area contributed by atoms with Gasteiger partial charge in [-0.15, -0.1) is 0 Å². The molecule has 1 N–H and O–H groups in total. The van der Waals surface area contributed by atoms with Crippen LogP contribution in [0.2, 0.25) is 0 Å². The quantitative estimate of drug-likeness (QED) is 0.895. The minimum atomic E-state index is -0.816. The average Bonchev–Trinajstić information content (AvgIpc) is 3.13. The number of carbonyl (C=O) groups is 1. The Kier molecular flexibility index (Phi) is 2.47. The van der Waals surface area contributed by atoms with Crippen molar-refractivity contribution in [1.82, 2.24) is 4.57 Å². The van der Waals surface area contributed by atoms with Crippen LogP contribution in [0.1, 0.15) is 40.4 Å². The summed E-state index contributed by atoms with van der Waals surface area (Å²) in [6.45, 7) is 1.87. The smallest absolute Gasteiger partial charge is 0.337 e. The van der Waals surface area contributed by atoms with Crippen LogP contribution in [0.4, 0.5) is 0 Å². The summed E-state index contributed by atoms with van der Waals surface area (Å²) in [5.41, 5.74) is 3.33. The highest BCUT2D eigenvalue weighted by molar-refractivity contribution is 5.91. The molecule has 1 aliphatic carbocycles. The van der Waals surface area contributed by atoms with Gasteiger partial charge in [0, 0.05) is 23.5 Å². The van der Waals surface area contributed by atoms with E-state index in [1.807, 2.05) is 48.0 Å². The van der Waals surface area contributed by atoms with Crippen LogP contribution in [0.25, 0.3) is 5.69 Å². The second-order valence-corrected chi connectivity index (χ2v) is 4.86. The van der Waals surface area contributed by atoms with Gasteiger partial charge < -0.3 is 9.67 Å². The standard InChI is InChI=1S/C15H15NO2/c1-10-9-16(12-5-3-2-4-6-12)14(11-7-8-11)13(10)15(17)18/h2-6,9,11H,7-8H2,1H3,(H,17,18). The molecule has 1 aromatic heterocycles. The number of hydrogen-bond donors (Lipinski definition) is 1. The molecule has 0 amide bonds. The summed E-state index contributed by atoms with van der Waals surface area (Å²) in [6, 6.07) is 9.94. The van der Waals surface area contributed by atoms with Gasteiger partial charge in [0.05, 0.1) is 5.56 Å². The van der Waals surface area contributed by atoms with E-state index in [1.54, 1.807) is 0 Å². The summed E-state index contributed by atoms with van der Waals surface area (Å²) in [7, 11) is 0. The Hall–Kier alpha value is -2.03. The molecule has 0 radical (unpaired) electrons. The van der Waals surface area contributed by atoms with Crippen LogP contribution in [0.5, 0.6) is 0 Å². The third-order valence-electron chi connectivity index (χ3n) is 3.45. The molecule has 3 nitrogen and oxygen atoms in total. The van der Waals surface area contributed by atoms with E-state index in [9.17, 15) is 9.90 Å². The van der Waals surface area contributed by atoms with Crippen LogP contribution in [-0.2, 0) is 0 Å². The molecule has 2 aromatic rings. The van der Waals surface area contributed by atoms with Crippen molar-refractivity contribution in [3.05, 3.63) is 53.3 Å². The van der Waals surface area contributed by atoms with Crippen LogP contribution in [-0.4, -0.2) is 15.6 Å². The highest BCUT2D eigenvalue weighted by Gasteiger charge is 2.33. The van der Waals surface area contributed by atoms with E-state index in [0.29, 0.717) is 11.5 Å². The minimum absolute atomic E-state index is 0.407. The average molecular weight is 241 g/mol. The Morgan fingerprint density at radius 2 is 1.94 bits per heavy atom. The van der Waals surface area contributed by atoms with Gasteiger partial charge in [-0.2, -0.15) is 0 Å². The molecule has 3 heteroatoms. The molecule has 0 spiro atoms. The fraction of sp³-hybridized carbons (Fsp3) is 0.267. The first kappa shape index (κ1) is 11.1. The first-order chi connectivity index (χ1) is 8.68. The van der Waals surface area contributed by atoms with Crippen molar-refractivity contribution >= 4 is 5.97 Å². The van der Waals surface area contributed by atoms with Crippen LogP contribution in [0.3, 0.4) is 0 Å². The molecule has 1 heterocycles. The second kappa shape index (κ2) is 4.02. The predicted octanol–water partition coefficient (Wildman–Crippen LogP) is 3.36. The summed E-state index contributed by atoms with van der Waals surface area (Å²) in [4.78, 5) is 11.4. The number of benzene rings is 1.